The summed E-state index contributed by atoms with van der Waals surface area (Å²) >= 11 is 1.69. The highest BCUT2D eigenvalue weighted by atomic mass is 32.1. The molecule has 0 radical (unpaired) electrons. The zero-order valence-electron chi connectivity index (χ0n) is 8.42. The van der Waals surface area contributed by atoms with Crippen LogP contribution in [0, 0.1) is 6.92 Å². The van der Waals surface area contributed by atoms with E-state index in [-0.39, 0.29) is 6.04 Å². The third kappa shape index (κ3) is 2.15. The molecule has 0 saturated heterocycles. The van der Waals surface area contributed by atoms with Crippen molar-refractivity contribution in [3.8, 4) is 0 Å². The molecule has 2 atom stereocenters. The quantitative estimate of drug-likeness (QED) is 0.803. The maximum atomic E-state index is 14.2. The Bertz CT molecular complexity index is 323. The number of nitrogens with two attached hydrogens (primary N) is 1. The first-order valence-corrected chi connectivity index (χ1v) is 5.94. The molecule has 1 aliphatic carbocycles. The molecule has 78 valence electrons. The number of alkyl halides is 1. The molecule has 0 spiro atoms. The summed E-state index contributed by atoms with van der Waals surface area (Å²) in [6.45, 7) is 2.06. The molecule has 2 N–H and O–H groups in total. The molecule has 0 bridgehead atoms. The summed E-state index contributed by atoms with van der Waals surface area (Å²) in [5.74, 6) is 0. The van der Waals surface area contributed by atoms with Crippen LogP contribution in [-0.4, -0.2) is 11.7 Å². The molecule has 14 heavy (non-hydrogen) atoms. The van der Waals surface area contributed by atoms with Gasteiger partial charge in [-0.15, -0.1) is 11.3 Å². The number of rotatable bonds is 2. The van der Waals surface area contributed by atoms with Crippen molar-refractivity contribution in [2.45, 2.75) is 44.3 Å². The second-order valence-electron chi connectivity index (χ2n) is 4.40. The van der Waals surface area contributed by atoms with Crippen LogP contribution < -0.4 is 5.73 Å². The van der Waals surface area contributed by atoms with Crippen molar-refractivity contribution in [1.29, 1.82) is 0 Å². The van der Waals surface area contributed by atoms with Gasteiger partial charge >= 0.3 is 0 Å². The van der Waals surface area contributed by atoms with Crippen LogP contribution in [0.1, 0.15) is 29.7 Å². The summed E-state index contributed by atoms with van der Waals surface area (Å²) in [6.07, 6.45) is 2.54. The Labute approximate surface area is 88.1 Å². The second kappa shape index (κ2) is 3.63. The van der Waals surface area contributed by atoms with Crippen molar-refractivity contribution in [2.24, 2.45) is 5.73 Å². The highest BCUT2D eigenvalue weighted by Crippen LogP contribution is 2.36. The van der Waals surface area contributed by atoms with E-state index in [1.807, 2.05) is 0 Å². The number of thiophene rings is 1. The van der Waals surface area contributed by atoms with Gasteiger partial charge in [0.15, 0.2) is 0 Å². The first kappa shape index (κ1) is 10.1. The molecule has 2 rings (SSSR count). The molecule has 1 aromatic rings. The van der Waals surface area contributed by atoms with Gasteiger partial charge in [-0.05, 0) is 43.2 Å². The lowest BCUT2D eigenvalue weighted by atomic mass is 9.96. The number of halogens is 1. The second-order valence-corrected chi connectivity index (χ2v) is 5.51. The van der Waals surface area contributed by atoms with E-state index in [9.17, 15) is 4.39 Å². The summed E-state index contributed by atoms with van der Waals surface area (Å²) in [5, 5.41) is 2.06. The monoisotopic (exact) mass is 213 g/mol. The fraction of sp³-hybridized carbons (Fsp3) is 0.636. The third-order valence-corrected chi connectivity index (χ3v) is 3.81. The van der Waals surface area contributed by atoms with E-state index in [4.69, 9.17) is 5.73 Å². The zero-order chi connectivity index (χ0) is 10.2. The van der Waals surface area contributed by atoms with Crippen LogP contribution in [0.5, 0.6) is 0 Å². The first-order chi connectivity index (χ1) is 6.57. The van der Waals surface area contributed by atoms with E-state index >= 15 is 0 Å². The lowest BCUT2D eigenvalue weighted by Crippen LogP contribution is -2.25. The molecule has 1 saturated carbocycles. The van der Waals surface area contributed by atoms with Crippen molar-refractivity contribution in [1.82, 2.24) is 0 Å². The summed E-state index contributed by atoms with van der Waals surface area (Å²) in [5.41, 5.74) is 5.83. The van der Waals surface area contributed by atoms with Crippen molar-refractivity contribution < 1.29 is 4.39 Å². The zero-order valence-corrected chi connectivity index (χ0v) is 9.24. The average molecular weight is 213 g/mol. The van der Waals surface area contributed by atoms with Gasteiger partial charge in [0.2, 0.25) is 0 Å². The van der Waals surface area contributed by atoms with Crippen molar-refractivity contribution in [3.05, 3.63) is 21.9 Å². The Morgan fingerprint density at radius 1 is 1.71 bits per heavy atom. The third-order valence-electron chi connectivity index (χ3n) is 2.90. The van der Waals surface area contributed by atoms with E-state index in [0.717, 1.165) is 12.0 Å². The number of aryl methyl sites for hydroxylation is 1. The highest BCUT2D eigenvalue weighted by molar-refractivity contribution is 7.10. The van der Waals surface area contributed by atoms with Crippen LogP contribution in [0.25, 0.3) is 0 Å². The topological polar surface area (TPSA) is 26.0 Å². The van der Waals surface area contributed by atoms with Crippen molar-refractivity contribution in [2.75, 3.05) is 0 Å². The molecule has 1 fully saturated rings. The Morgan fingerprint density at radius 2 is 2.50 bits per heavy atom. The molecular weight excluding hydrogens is 197 g/mol. The molecule has 1 aromatic heterocycles. The Kier molecular flexibility index (Phi) is 2.62. The number of hydrogen-bond acceptors (Lipinski definition) is 2. The van der Waals surface area contributed by atoms with Crippen molar-refractivity contribution >= 4 is 11.3 Å². The largest absolute Gasteiger partial charge is 0.328 e. The lowest BCUT2D eigenvalue weighted by molar-refractivity contribution is 0.171. The Hall–Kier alpha value is -0.410. The molecule has 0 amide bonds. The van der Waals surface area contributed by atoms with Gasteiger partial charge in [-0.1, -0.05) is 0 Å². The first-order valence-electron chi connectivity index (χ1n) is 5.06. The molecule has 2 unspecified atom stereocenters. The predicted octanol–water partition coefficient (Wildman–Crippen LogP) is 2.82. The maximum absolute atomic E-state index is 14.2. The summed E-state index contributed by atoms with van der Waals surface area (Å²) in [4.78, 5) is 1.26. The van der Waals surface area contributed by atoms with E-state index in [1.165, 1.54) is 4.88 Å². The van der Waals surface area contributed by atoms with Gasteiger partial charge in [-0.25, -0.2) is 4.39 Å². The van der Waals surface area contributed by atoms with Gasteiger partial charge in [0.25, 0.3) is 0 Å². The SMILES string of the molecule is Cc1cc(CC2(F)CCC(N)C2)cs1. The summed E-state index contributed by atoms with van der Waals surface area (Å²) in [7, 11) is 0. The fourth-order valence-corrected chi connectivity index (χ4v) is 2.94. The maximum Gasteiger partial charge on any atom is 0.116 e. The van der Waals surface area contributed by atoms with Gasteiger partial charge < -0.3 is 5.73 Å². The molecule has 0 aliphatic heterocycles. The van der Waals surface area contributed by atoms with Crippen LogP contribution >= 0.6 is 11.3 Å². The molecule has 1 nitrogen and oxygen atoms in total. The smallest absolute Gasteiger partial charge is 0.116 e. The van der Waals surface area contributed by atoms with Crippen LogP contribution in [-0.2, 0) is 6.42 Å². The van der Waals surface area contributed by atoms with Gasteiger partial charge in [0.1, 0.15) is 5.67 Å². The summed E-state index contributed by atoms with van der Waals surface area (Å²) < 4.78 is 14.2. The minimum absolute atomic E-state index is 0.0692. The molecule has 3 heteroatoms. The average Bonchev–Trinajstić information content (AvgIpc) is 2.60. The minimum atomic E-state index is -1.03. The van der Waals surface area contributed by atoms with E-state index in [0.29, 0.717) is 19.3 Å². The molecule has 1 aliphatic rings. The van der Waals surface area contributed by atoms with Gasteiger partial charge in [0.05, 0.1) is 0 Å². The molecular formula is C11H16FNS. The highest BCUT2D eigenvalue weighted by Gasteiger charge is 2.37. The minimum Gasteiger partial charge on any atom is -0.328 e. The van der Waals surface area contributed by atoms with Crippen LogP contribution in [0.2, 0.25) is 0 Å². The molecule has 1 heterocycles. The van der Waals surface area contributed by atoms with Crippen LogP contribution in [0.4, 0.5) is 4.39 Å². The van der Waals surface area contributed by atoms with Crippen LogP contribution in [0.15, 0.2) is 11.4 Å². The van der Waals surface area contributed by atoms with E-state index in [1.54, 1.807) is 11.3 Å². The van der Waals surface area contributed by atoms with Crippen LogP contribution in [0.3, 0.4) is 0 Å². The van der Waals surface area contributed by atoms with E-state index < -0.39 is 5.67 Å². The fourth-order valence-electron chi connectivity index (χ4n) is 2.23. The van der Waals surface area contributed by atoms with Gasteiger partial charge in [-0.2, -0.15) is 0 Å². The van der Waals surface area contributed by atoms with Crippen molar-refractivity contribution in [3.63, 3.8) is 0 Å². The summed E-state index contributed by atoms with van der Waals surface area (Å²) in [6, 6.07) is 2.15. The number of hydrogen-bond donors (Lipinski definition) is 1. The normalized spacial score (nSPS) is 32.4. The van der Waals surface area contributed by atoms with Gasteiger partial charge in [-0.3, -0.25) is 0 Å². The standard InChI is InChI=1S/C11H16FNS/c1-8-4-9(7-14-8)5-11(12)3-2-10(13)6-11/h4,7,10H,2-3,5-6,13H2,1H3. The Morgan fingerprint density at radius 3 is 3.00 bits per heavy atom. The molecule has 0 aromatic carbocycles. The van der Waals surface area contributed by atoms with E-state index in [2.05, 4.69) is 18.4 Å². The van der Waals surface area contributed by atoms with Gasteiger partial charge in [0, 0.05) is 17.3 Å². The predicted molar refractivity (Wildman–Crippen MR) is 58.4 cm³/mol. The lowest BCUT2D eigenvalue weighted by Gasteiger charge is -2.18. The Balaban J connectivity index is 2.03.